The molecule has 0 aliphatic carbocycles. The van der Waals surface area contributed by atoms with Crippen molar-refractivity contribution in [3.63, 3.8) is 0 Å². The molecule has 0 bridgehead atoms. The normalized spacial score (nSPS) is 13.4. The molecule has 0 saturated heterocycles. The first-order valence-corrected chi connectivity index (χ1v) is 7.50. The smallest absolute Gasteiger partial charge is 0.291 e. The third-order valence-electron chi connectivity index (χ3n) is 3.10. The summed E-state index contributed by atoms with van der Waals surface area (Å²) in [6.07, 6.45) is 1.43. The van der Waals surface area contributed by atoms with Gasteiger partial charge in [-0.15, -0.1) is 0 Å². The molecular formula is C14H12N2O3S. The summed E-state index contributed by atoms with van der Waals surface area (Å²) in [4.78, 5) is 4.17. The van der Waals surface area contributed by atoms with Crippen molar-refractivity contribution in [3.05, 3.63) is 66.5 Å². The second kappa shape index (κ2) is 4.73. The number of fused-ring (bicyclic) bond motifs is 1. The summed E-state index contributed by atoms with van der Waals surface area (Å²) in [6.45, 7) is 0. The molecule has 0 fully saturated rings. The maximum Gasteiger partial charge on any atom is 0.291 e. The van der Waals surface area contributed by atoms with E-state index in [1.165, 1.54) is 10.9 Å². The first-order valence-electron chi connectivity index (χ1n) is 6.00. The fraction of sp³-hybridized carbons (Fsp3) is 0.0714. The van der Waals surface area contributed by atoms with Gasteiger partial charge in [0.15, 0.2) is 5.37 Å². The van der Waals surface area contributed by atoms with Crippen LogP contribution in [0.1, 0.15) is 10.9 Å². The summed E-state index contributed by atoms with van der Waals surface area (Å²) in [5.41, 5.74) is 1.81. The van der Waals surface area contributed by atoms with Crippen LogP contribution < -0.4 is 0 Å². The summed E-state index contributed by atoms with van der Waals surface area (Å²) in [6, 6.07) is 15.7. The molecule has 0 amide bonds. The van der Waals surface area contributed by atoms with Gasteiger partial charge in [-0.3, -0.25) is 4.55 Å². The Hall–Kier alpha value is -2.18. The molecule has 3 aromatic rings. The Morgan fingerprint density at radius 2 is 1.65 bits per heavy atom. The standard InChI is InChI=1S/C14H12N2O3S/c17-20(18,19)14(11-6-2-1-3-7-11)16-10-15-12-8-4-5-9-13(12)16/h1-10,14H,(H,17,18,19). The lowest BCUT2D eigenvalue weighted by molar-refractivity contribution is 0.460. The van der Waals surface area contributed by atoms with Crippen molar-refractivity contribution >= 4 is 21.2 Å². The predicted molar refractivity (Wildman–Crippen MR) is 75.9 cm³/mol. The van der Waals surface area contributed by atoms with E-state index in [0.717, 1.165) is 0 Å². The van der Waals surface area contributed by atoms with E-state index in [4.69, 9.17) is 0 Å². The van der Waals surface area contributed by atoms with E-state index >= 15 is 0 Å². The summed E-state index contributed by atoms with van der Waals surface area (Å²) < 4.78 is 34.6. The molecule has 1 unspecified atom stereocenters. The maximum absolute atomic E-state index is 11.8. The van der Waals surface area contributed by atoms with Crippen molar-refractivity contribution in [2.45, 2.75) is 5.37 Å². The zero-order chi connectivity index (χ0) is 14.2. The van der Waals surface area contributed by atoms with Crippen molar-refractivity contribution in [2.24, 2.45) is 0 Å². The summed E-state index contributed by atoms with van der Waals surface area (Å²) in [7, 11) is -4.31. The molecule has 1 atom stereocenters. The number of aromatic nitrogens is 2. The second-order valence-electron chi connectivity index (χ2n) is 4.42. The fourth-order valence-corrected chi connectivity index (χ4v) is 3.21. The summed E-state index contributed by atoms with van der Waals surface area (Å²) >= 11 is 0. The van der Waals surface area contributed by atoms with Crippen LogP contribution in [0, 0.1) is 0 Å². The molecule has 1 aromatic heterocycles. The zero-order valence-corrected chi connectivity index (χ0v) is 11.2. The molecule has 6 heteroatoms. The predicted octanol–water partition coefficient (Wildman–Crippen LogP) is 2.47. The third kappa shape index (κ3) is 2.19. The van der Waals surface area contributed by atoms with Crippen LogP contribution in [0.3, 0.4) is 0 Å². The molecule has 2 aromatic carbocycles. The van der Waals surface area contributed by atoms with Crippen LogP contribution in [0.25, 0.3) is 11.0 Å². The Labute approximate surface area is 116 Å². The SMILES string of the molecule is O=S(=O)(O)C(c1ccccc1)n1cnc2ccccc21. The molecule has 1 N–H and O–H groups in total. The fourth-order valence-electron chi connectivity index (χ4n) is 2.26. The van der Waals surface area contributed by atoms with Gasteiger partial charge in [-0.05, 0) is 17.7 Å². The average Bonchev–Trinajstić information content (AvgIpc) is 2.83. The lowest BCUT2D eigenvalue weighted by Gasteiger charge is -2.16. The van der Waals surface area contributed by atoms with Gasteiger partial charge in [0, 0.05) is 0 Å². The highest BCUT2D eigenvalue weighted by Gasteiger charge is 2.28. The Morgan fingerprint density at radius 1 is 1.00 bits per heavy atom. The highest BCUT2D eigenvalue weighted by Crippen LogP contribution is 2.27. The van der Waals surface area contributed by atoms with Crippen molar-refractivity contribution in [3.8, 4) is 0 Å². The van der Waals surface area contributed by atoms with Gasteiger partial charge < -0.3 is 4.57 Å². The largest absolute Gasteiger partial charge is 0.307 e. The molecule has 0 aliphatic rings. The molecule has 5 nitrogen and oxygen atoms in total. The number of imidazole rings is 1. The van der Waals surface area contributed by atoms with Crippen molar-refractivity contribution in [1.29, 1.82) is 0 Å². The molecular weight excluding hydrogens is 276 g/mol. The monoisotopic (exact) mass is 288 g/mol. The first kappa shape index (κ1) is 12.8. The summed E-state index contributed by atoms with van der Waals surface area (Å²) in [5, 5.41) is -1.20. The van der Waals surface area contributed by atoms with Gasteiger partial charge in [0.2, 0.25) is 0 Å². The lowest BCUT2D eigenvalue weighted by atomic mass is 10.2. The molecule has 0 aliphatic heterocycles. The minimum atomic E-state index is -4.31. The number of hydrogen-bond donors (Lipinski definition) is 1. The van der Waals surface area contributed by atoms with Crippen LogP contribution in [-0.4, -0.2) is 22.5 Å². The van der Waals surface area contributed by atoms with Crippen LogP contribution in [0.5, 0.6) is 0 Å². The molecule has 0 radical (unpaired) electrons. The van der Waals surface area contributed by atoms with Crippen LogP contribution in [0.2, 0.25) is 0 Å². The van der Waals surface area contributed by atoms with Gasteiger partial charge in [-0.2, -0.15) is 8.42 Å². The van der Waals surface area contributed by atoms with Crippen LogP contribution in [-0.2, 0) is 10.1 Å². The Bertz CT molecular complexity index is 841. The zero-order valence-electron chi connectivity index (χ0n) is 10.4. The minimum absolute atomic E-state index is 0.484. The van der Waals surface area contributed by atoms with Crippen LogP contribution in [0.4, 0.5) is 0 Å². The second-order valence-corrected chi connectivity index (χ2v) is 5.90. The van der Waals surface area contributed by atoms with Gasteiger partial charge in [0.25, 0.3) is 10.1 Å². The molecule has 20 heavy (non-hydrogen) atoms. The number of nitrogens with zero attached hydrogens (tertiary/aromatic N) is 2. The lowest BCUT2D eigenvalue weighted by Crippen LogP contribution is -2.19. The topological polar surface area (TPSA) is 72.2 Å². The molecule has 0 saturated carbocycles. The van der Waals surface area contributed by atoms with E-state index < -0.39 is 15.5 Å². The number of hydrogen-bond acceptors (Lipinski definition) is 3. The minimum Gasteiger partial charge on any atom is -0.307 e. The Balaban J connectivity index is 2.26. The molecule has 1 heterocycles. The van der Waals surface area contributed by atoms with Crippen LogP contribution >= 0.6 is 0 Å². The average molecular weight is 288 g/mol. The van der Waals surface area contributed by atoms with Crippen molar-refractivity contribution in [1.82, 2.24) is 9.55 Å². The van der Waals surface area contributed by atoms with E-state index in [0.29, 0.717) is 16.6 Å². The van der Waals surface area contributed by atoms with Gasteiger partial charge in [0.05, 0.1) is 17.4 Å². The van der Waals surface area contributed by atoms with E-state index in [1.807, 2.05) is 6.07 Å². The Kier molecular flexibility index (Phi) is 3.04. The molecule has 3 rings (SSSR count). The van der Waals surface area contributed by atoms with Gasteiger partial charge >= 0.3 is 0 Å². The van der Waals surface area contributed by atoms with Crippen molar-refractivity contribution in [2.75, 3.05) is 0 Å². The van der Waals surface area contributed by atoms with Crippen LogP contribution in [0.15, 0.2) is 60.9 Å². The third-order valence-corrected chi connectivity index (χ3v) is 4.16. The maximum atomic E-state index is 11.8. The number of para-hydroxylation sites is 2. The highest BCUT2D eigenvalue weighted by atomic mass is 32.2. The number of benzene rings is 2. The molecule has 102 valence electrons. The molecule has 0 spiro atoms. The quantitative estimate of drug-likeness (QED) is 0.751. The van der Waals surface area contributed by atoms with Gasteiger partial charge in [-0.25, -0.2) is 4.98 Å². The number of rotatable bonds is 3. The highest BCUT2D eigenvalue weighted by molar-refractivity contribution is 7.86. The van der Waals surface area contributed by atoms with E-state index in [9.17, 15) is 13.0 Å². The first-order chi connectivity index (χ1) is 9.57. The van der Waals surface area contributed by atoms with Gasteiger partial charge in [0.1, 0.15) is 0 Å². The van der Waals surface area contributed by atoms with E-state index in [2.05, 4.69) is 4.98 Å². The summed E-state index contributed by atoms with van der Waals surface area (Å²) in [5.74, 6) is 0. The van der Waals surface area contributed by atoms with E-state index in [-0.39, 0.29) is 0 Å². The van der Waals surface area contributed by atoms with Crippen molar-refractivity contribution < 1.29 is 13.0 Å². The Morgan fingerprint density at radius 3 is 2.35 bits per heavy atom. The van der Waals surface area contributed by atoms with E-state index in [1.54, 1.807) is 48.5 Å². The van der Waals surface area contributed by atoms with Gasteiger partial charge in [-0.1, -0.05) is 42.5 Å².